The van der Waals surface area contributed by atoms with E-state index in [1.807, 2.05) is 30.3 Å². The molecule has 0 radical (unpaired) electrons. The van der Waals surface area contributed by atoms with Gasteiger partial charge in [0, 0.05) is 46.4 Å². The largest absolute Gasteiger partial charge is 0.497 e. The molecule has 0 unspecified atom stereocenters. The van der Waals surface area contributed by atoms with Gasteiger partial charge in [-0.1, -0.05) is 29.8 Å². The number of aromatic nitrogens is 2. The van der Waals surface area contributed by atoms with Crippen molar-refractivity contribution in [1.82, 2.24) is 9.97 Å². The summed E-state index contributed by atoms with van der Waals surface area (Å²) in [4.78, 5) is 20.8. The number of H-pyrrole nitrogens is 1. The number of methoxy groups -OCH3 is 2. The van der Waals surface area contributed by atoms with E-state index in [1.165, 1.54) is 0 Å². The van der Waals surface area contributed by atoms with Gasteiger partial charge in [0.05, 0.1) is 14.2 Å². The zero-order valence-corrected chi connectivity index (χ0v) is 16.8. The Morgan fingerprint density at radius 2 is 1.79 bits per heavy atom. The minimum Gasteiger partial charge on any atom is -0.497 e. The molecule has 5 nitrogen and oxygen atoms in total. The van der Waals surface area contributed by atoms with Crippen molar-refractivity contribution in [2.45, 2.75) is 6.42 Å². The topological polar surface area (TPSA) is 64.2 Å². The van der Waals surface area contributed by atoms with E-state index in [9.17, 15) is 4.79 Å². The highest BCUT2D eigenvalue weighted by atomic mass is 35.5. The van der Waals surface area contributed by atoms with Crippen LogP contribution in [0.25, 0.3) is 11.0 Å². The summed E-state index contributed by atoms with van der Waals surface area (Å²) in [7, 11) is 3.11. The molecule has 0 saturated heterocycles. The molecule has 0 saturated carbocycles. The average Bonchev–Trinajstić information content (AvgIpc) is 3.17. The van der Waals surface area contributed by atoms with Gasteiger partial charge in [-0.3, -0.25) is 4.79 Å². The van der Waals surface area contributed by atoms with E-state index in [2.05, 4.69) is 9.97 Å². The van der Waals surface area contributed by atoms with Gasteiger partial charge in [0.15, 0.2) is 5.78 Å². The number of aromatic amines is 1. The maximum atomic E-state index is 13.2. The fraction of sp³-hybridized carbons (Fsp3) is 0.130. The van der Waals surface area contributed by atoms with Crippen LogP contribution in [0.4, 0.5) is 0 Å². The van der Waals surface area contributed by atoms with Crippen LogP contribution in [0.3, 0.4) is 0 Å². The van der Waals surface area contributed by atoms with Crippen molar-refractivity contribution >= 4 is 28.4 Å². The summed E-state index contributed by atoms with van der Waals surface area (Å²) < 4.78 is 10.6. The number of hydrogen-bond donors (Lipinski definition) is 1. The number of pyridine rings is 1. The number of nitrogens with one attached hydrogen (secondary N) is 1. The fourth-order valence-corrected chi connectivity index (χ4v) is 3.49. The van der Waals surface area contributed by atoms with Crippen molar-refractivity contribution in [3.8, 4) is 11.5 Å². The molecule has 0 aliphatic carbocycles. The smallest absolute Gasteiger partial charge is 0.195 e. The first-order valence-electron chi connectivity index (χ1n) is 9.06. The molecule has 146 valence electrons. The third-order valence-electron chi connectivity index (χ3n) is 4.80. The average molecular weight is 407 g/mol. The molecular formula is C23H19ClN2O3. The summed E-state index contributed by atoms with van der Waals surface area (Å²) in [6, 6.07) is 14.8. The van der Waals surface area contributed by atoms with Crippen molar-refractivity contribution in [2.24, 2.45) is 0 Å². The number of rotatable bonds is 6. The van der Waals surface area contributed by atoms with E-state index in [4.69, 9.17) is 21.1 Å². The van der Waals surface area contributed by atoms with Crippen molar-refractivity contribution in [3.05, 3.63) is 88.2 Å². The second-order valence-corrected chi connectivity index (χ2v) is 7.05. The Kier molecular flexibility index (Phi) is 5.23. The third-order valence-corrected chi connectivity index (χ3v) is 5.17. The van der Waals surface area contributed by atoms with Crippen LogP contribution in [0.5, 0.6) is 11.5 Å². The number of benzene rings is 2. The number of halogens is 1. The van der Waals surface area contributed by atoms with Crippen LogP contribution in [0, 0.1) is 0 Å². The maximum absolute atomic E-state index is 13.2. The van der Waals surface area contributed by atoms with Gasteiger partial charge in [-0.25, -0.2) is 4.98 Å². The molecule has 6 heteroatoms. The molecule has 0 atom stereocenters. The van der Waals surface area contributed by atoms with Gasteiger partial charge >= 0.3 is 0 Å². The molecule has 4 rings (SSSR count). The summed E-state index contributed by atoms with van der Waals surface area (Å²) in [5.74, 6) is 0.986. The second-order valence-electron chi connectivity index (χ2n) is 6.64. The van der Waals surface area contributed by atoms with Gasteiger partial charge in [0.2, 0.25) is 0 Å². The number of ether oxygens (including phenoxy) is 2. The number of hydrogen-bond acceptors (Lipinski definition) is 4. The van der Waals surface area contributed by atoms with E-state index in [-0.39, 0.29) is 5.78 Å². The van der Waals surface area contributed by atoms with Crippen LogP contribution < -0.4 is 9.47 Å². The molecule has 0 amide bonds. The Balaban J connectivity index is 1.73. The van der Waals surface area contributed by atoms with Gasteiger partial charge in [0.25, 0.3) is 0 Å². The molecule has 0 fully saturated rings. The van der Waals surface area contributed by atoms with Crippen LogP contribution in [-0.2, 0) is 6.42 Å². The molecule has 2 aromatic carbocycles. The molecule has 2 heterocycles. The van der Waals surface area contributed by atoms with E-state index < -0.39 is 0 Å². The minimum atomic E-state index is -0.134. The molecule has 1 N–H and O–H groups in total. The first-order chi connectivity index (χ1) is 14.1. The molecular weight excluding hydrogens is 388 g/mol. The van der Waals surface area contributed by atoms with E-state index in [0.717, 1.165) is 16.5 Å². The molecule has 0 spiro atoms. The van der Waals surface area contributed by atoms with E-state index >= 15 is 0 Å². The third kappa shape index (κ3) is 3.82. The number of nitrogens with zero attached hydrogens (tertiary/aromatic N) is 1. The Hall–Kier alpha value is -3.31. The zero-order valence-electron chi connectivity index (χ0n) is 16.0. The van der Waals surface area contributed by atoms with Gasteiger partial charge in [-0.05, 0) is 35.4 Å². The summed E-state index contributed by atoms with van der Waals surface area (Å²) in [6.07, 6.45) is 4.12. The van der Waals surface area contributed by atoms with Gasteiger partial charge < -0.3 is 14.5 Å². The van der Waals surface area contributed by atoms with Gasteiger partial charge in [-0.15, -0.1) is 0 Å². The summed E-state index contributed by atoms with van der Waals surface area (Å²) >= 11 is 6.29. The van der Waals surface area contributed by atoms with Crippen molar-refractivity contribution in [3.63, 3.8) is 0 Å². The summed E-state index contributed by atoms with van der Waals surface area (Å²) in [6.45, 7) is 0. The maximum Gasteiger partial charge on any atom is 0.195 e. The second kappa shape index (κ2) is 7.97. The van der Waals surface area contributed by atoms with Crippen LogP contribution in [-0.4, -0.2) is 30.0 Å². The molecule has 2 aromatic heterocycles. The normalized spacial score (nSPS) is 10.9. The first-order valence-corrected chi connectivity index (χ1v) is 9.44. The minimum absolute atomic E-state index is 0.134. The molecule has 0 aliphatic rings. The van der Waals surface area contributed by atoms with E-state index in [1.54, 1.807) is 44.8 Å². The van der Waals surface area contributed by atoms with Crippen LogP contribution in [0.15, 0.2) is 60.9 Å². The first kappa shape index (κ1) is 19.0. The fourth-order valence-electron chi connectivity index (χ4n) is 3.29. The number of carbonyl (C=O) groups excluding carboxylic acids is 1. The molecule has 29 heavy (non-hydrogen) atoms. The molecule has 0 bridgehead atoms. The van der Waals surface area contributed by atoms with Crippen molar-refractivity contribution < 1.29 is 14.3 Å². The Bertz CT molecular complexity index is 1180. The number of fused-ring (bicyclic) bond motifs is 1. The van der Waals surface area contributed by atoms with E-state index in [0.29, 0.717) is 39.7 Å². The lowest BCUT2D eigenvalue weighted by Crippen LogP contribution is -2.02. The quantitative estimate of drug-likeness (QED) is 0.455. The Morgan fingerprint density at radius 3 is 2.48 bits per heavy atom. The highest BCUT2D eigenvalue weighted by Gasteiger charge is 2.17. The van der Waals surface area contributed by atoms with Crippen LogP contribution in [0.2, 0.25) is 5.02 Å². The predicted molar refractivity (Wildman–Crippen MR) is 113 cm³/mol. The van der Waals surface area contributed by atoms with Crippen LogP contribution in [0.1, 0.15) is 27.0 Å². The Labute approximate surface area is 173 Å². The SMILES string of the molecule is COc1cc(OC)cc(C(=O)c2c[nH]c3ncc(Cc4ccccc4Cl)cc23)c1. The summed E-state index contributed by atoms with van der Waals surface area (Å²) in [5, 5.41) is 1.47. The zero-order chi connectivity index (χ0) is 20.4. The van der Waals surface area contributed by atoms with Crippen molar-refractivity contribution in [2.75, 3.05) is 14.2 Å². The van der Waals surface area contributed by atoms with Crippen molar-refractivity contribution in [1.29, 1.82) is 0 Å². The molecule has 0 aliphatic heterocycles. The predicted octanol–water partition coefficient (Wildman–Crippen LogP) is 5.06. The van der Waals surface area contributed by atoms with Gasteiger partial charge in [-0.2, -0.15) is 0 Å². The number of ketones is 1. The summed E-state index contributed by atoms with van der Waals surface area (Å²) in [5.41, 5.74) is 3.67. The van der Waals surface area contributed by atoms with Crippen LogP contribution >= 0.6 is 11.6 Å². The monoisotopic (exact) mass is 406 g/mol. The lowest BCUT2D eigenvalue weighted by Gasteiger charge is -2.08. The number of carbonyl (C=O) groups is 1. The lowest BCUT2D eigenvalue weighted by molar-refractivity contribution is 0.103. The van der Waals surface area contributed by atoms with Gasteiger partial charge in [0.1, 0.15) is 17.1 Å². The standard InChI is InChI=1S/C23H19ClN2O3/c1-28-17-9-16(10-18(11-17)29-2)22(27)20-13-26-23-19(20)8-14(12-25-23)7-15-5-3-4-6-21(15)24/h3-6,8-13H,7H2,1-2H3,(H,25,26). The highest BCUT2D eigenvalue weighted by molar-refractivity contribution is 6.31. The molecule has 4 aromatic rings. The lowest BCUT2D eigenvalue weighted by atomic mass is 10.0. The Morgan fingerprint density at radius 1 is 1.07 bits per heavy atom. The highest BCUT2D eigenvalue weighted by Crippen LogP contribution is 2.27.